The third-order valence-electron chi connectivity index (χ3n) is 4.55. The predicted octanol–water partition coefficient (Wildman–Crippen LogP) is 3.16. The maximum absolute atomic E-state index is 12.6. The van der Waals surface area contributed by atoms with Crippen molar-refractivity contribution in [1.82, 2.24) is 15.5 Å². The molecule has 2 N–H and O–H groups in total. The van der Waals surface area contributed by atoms with E-state index in [4.69, 9.17) is 4.74 Å². The van der Waals surface area contributed by atoms with Gasteiger partial charge in [-0.15, -0.1) is 11.3 Å². The lowest BCUT2D eigenvalue weighted by Gasteiger charge is -2.16. The third kappa shape index (κ3) is 3.30. The number of anilines is 1. The summed E-state index contributed by atoms with van der Waals surface area (Å²) in [6.45, 7) is 1.61. The molecule has 6 nitrogen and oxygen atoms in total. The highest BCUT2D eigenvalue weighted by Gasteiger charge is 2.26. The average molecular weight is 368 g/mol. The average Bonchev–Trinajstić information content (AvgIpc) is 3.41. The summed E-state index contributed by atoms with van der Waals surface area (Å²) in [4.78, 5) is 15.9. The van der Waals surface area contributed by atoms with Crippen molar-refractivity contribution in [2.75, 3.05) is 25.1 Å². The number of amides is 1. The van der Waals surface area contributed by atoms with Gasteiger partial charge in [-0.2, -0.15) is 5.10 Å². The molecule has 3 aromatic rings. The maximum Gasteiger partial charge on any atom is 0.255 e. The van der Waals surface area contributed by atoms with Gasteiger partial charge in [0, 0.05) is 25.2 Å². The summed E-state index contributed by atoms with van der Waals surface area (Å²) in [7, 11) is 1.58. The second kappa shape index (κ2) is 7.21. The van der Waals surface area contributed by atoms with Crippen molar-refractivity contribution < 1.29 is 9.53 Å². The van der Waals surface area contributed by atoms with Crippen LogP contribution in [0.4, 0.5) is 5.82 Å². The minimum Gasteiger partial charge on any atom is -0.496 e. The zero-order valence-corrected chi connectivity index (χ0v) is 15.3. The Hall–Kier alpha value is -2.80. The number of rotatable bonds is 5. The zero-order chi connectivity index (χ0) is 17.9. The highest BCUT2D eigenvalue weighted by molar-refractivity contribution is 7.13. The molecule has 1 fully saturated rings. The Bertz CT molecular complexity index is 891. The number of nitrogens with zero attached hydrogens (tertiary/aromatic N) is 2. The normalized spacial score (nSPS) is 16.7. The third-order valence-corrected chi connectivity index (χ3v) is 5.45. The van der Waals surface area contributed by atoms with E-state index in [-0.39, 0.29) is 11.9 Å². The molecule has 3 heterocycles. The molecular formula is C19H20N4O2S. The summed E-state index contributed by atoms with van der Waals surface area (Å²) >= 11 is 1.68. The monoisotopic (exact) mass is 368 g/mol. The first kappa shape index (κ1) is 16.7. The highest BCUT2D eigenvalue weighted by Crippen LogP contribution is 2.27. The number of aromatic amines is 1. The van der Waals surface area contributed by atoms with Crippen LogP contribution in [0.2, 0.25) is 0 Å². The molecule has 0 saturated carbocycles. The Morgan fingerprint density at radius 2 is 2.23 bits per heavy atom. The van der Waals surface area contributed by atoms with Gasteiger partial charge in [-0.25, -0.2) is 0 Å². The van der Waals surface area contributed by atoms with Crippen LogP contribution in [0, 0.1) is 0 Å². The number of hydrogen-bond donors (Lipinski definition) is 2. The van der Waals surface area contributed by atoms with Crippen molar-refractivity contribution in [3.05, 3.63) is 53.4 Å². The highest BCUT2D eigenvalue weighted by atomic mass is 32.1. The van der Waals surface area contributed by atoms with Crippen LogP contribution in [0.25, 0.3) is 10.6 Å². The number of methoxy groups -OCH3 is 1. The predicted molar refractivity (Wildman–Crippen MR) is 103 cm³/mol. The van der Waals surface area contributed by atoms with Crippen molar-refractivity contribution in [1.29, 1.82) is 0 Å². The fourth-order valence-corrected chi connectivity index (χ4v) is 3.91. The first-order chi connectivity index (χ1) is 12.7. The zero-order valence-electron chi connectivity index (χ0n) is 14.4. The summed E-state index contributed by atoms with van der Waals surface area (Å²) in [5, 5.41) is 12.7. The number of aromatic nitrogens is 2. The van der Waals surface area contributed by atoms with Crippen molar-refractivity contribution in [3.8, 4) is 16.3 Å². The molecule has 4 rings (SSSR count). The quantitative estimate of drug-likeness (QED) is 0.726. The van der Waals surface area contributed by atoms with Crippen LogP contribution in [-0.4, -0.2) is 42.3 Å². The number of carbonyl (C=O) groups is 1. The molecule has 2 aromatic heterocycles. The molecule has 26 heavy (non-hydrogen) atoms. The molecule has 1 aliphatic heterocycles. The van der Waals surface area contributed by atoms with Crippen LogP contribution in [0.1, 0.15) is 16.8 Å². The van der Waals surface area contributed by atoms with Gasteiger partial charge >= 0.3 is 0 Å². The van der Waals surface area contributed by atoms with Gasteiger partial charge < -0.3 is 15.0 Å². The van der Waals surface area contributed by atoms with E-state index in [9.17, 15) is 4.79 Å². The number of thiophene rings is 1. The van der Waals surface area contributed by atoms with Crippen LogP contribution < -0.4 is 15.0 Å². The van der Waals surface area contributed by atoms with Gasteiger partial charge in [0.2, 0.25) is 0 Å². The maximum atomic E-state index is 12.6. The van der Waals surface area contributed by atoms with E-state index in [2.05, 4.69) is 37.9 Å². The lowest BCUT2D eigenvalue weighted by Crippen LogP contribution is -2.37. The summed E-state index contributed by atoms with van der Waals surface area (Å²) in [5.74, 6) is 1.41. The van der Waals surface area contributed by atoms with E-state index in [0.717, 1.165) is 31.0 Å². The molecule has 134 valence electrons. The fraction of sp³-hybridized carbons (Fsp3) is 0.263. The van der Waals surface area contributed by atoms with Gasteiger partial charge in [-0.3, -0.25) is 9.89 Å². The summed E-state index contributed by atoms with van der Waals surface area (Å²) in [5.41, 5.74) is 1.59. The number of benzene rings is 1. The standard InChI is InChI=1S/C19H20N4O2S/c1-25-16-6-3-2-5-14(16)19(24)20-13-8-9-23(12-13)18-11-15(21-22-18)17-7-4-10-26-17/h2-7,10-11,13H,8-9,12H2,1H3,(H,20,24)(H,21,22)/t13-/m0/s1. The molecule has 7 heteroatoms. The van der Waals surface area contributed by atoms with E-state index in [1.807, 2.05) is 18.2 Å². The molecule has 0 unspecified atom stereocenters. The number of ether oxygens (including phenoxy) is 1. The lowest BCUT2D eigenvalue weighted by molar-refractivity contribution is 0.0937. The largest absolute Gasteiger partial charge is 0.496 e. The van der Waals surface area contributed by atoms with Crippen LogP contribution in [0.5, 0.6) is 5.75 Å². The van der Waals surface area contributed by atoms with E-state index in [1.165, 1.54) is 4.88 Å². The molecule has 0 bridgehead atoms. The van der Waals surface area contributed by atoms with Crippen LogP contribution in [0.3, 0.4) is 0 Å². The minimum atomic E-state index is -0.101. The van der Waals surface area contributed by atoms with Crippen LogP contribution in [-0.2, 0) is 0 Å². The lowest BCUT2D eigenvalue weighted by atomic mass is 10.1. The molecular weight excluding hydrogens is 348 g/mol. The number of hydrogen-bond acceptors (Lipinski definition) is 5. The van der Waals surface area contributed by atoms with E-state index in [0.29, 0.717) is 11.3 Å². The molecule has 1 saturated heterocycles. The first-order valence-corrected chi connectivity index (χ1v) is 9.40. The Kier molecular flexibility index (Phi) is 4.62. The topological polar surface area (TPSA) is 70.2 Å². The van der Waals surface area contributed by atoms with Crippen molar-refractivity contribution >= 4 is 23.1 Å². The molecule has 1 atom stereocenters. The number of carbonyl (C=O) groups excluding carboxylic acids is 1. The van der Waals surface area contributed by atoms with Gasteiger partial charge in [-0.05, 0) is 30.0 Å². The Morgan fingerprint density at radius 1 is 1.35 bits per heavy atom. The SMILES string of the molecule is COc1ccccc1C(=O)N[C@H]1CCN(c2cc(-c3cccs3)[nH]n2)C1. The van der Waals surface area contributed by atoms with Crippen LogP contribution in [0.15, 0.2) is 47.8 Å². The molecule has 0 spiro atoms. The second-order valence-electron chi connectivity index (χ2n) is 6.22. The van der Waals surface area contributed by atoms with Crippen molar-refractivity contribution in [2.45, 2.75) is 12.5 Å². The van der Waals surface area contributed by atoms with Crippen LogP contribution >= 0.6 is 11.3 Å². The Morgan fingerprint density at radius 3 is 3.04 bits per heavy atom. The van der Waals surface area contributed by atoms with Gasteiger partial charge in [-0.1, -0.05) is 18.2 Å². The van der Waals surface area contributed by atoms with E-state index >= 15 is 0 Å². The Balaban J connectivity index is 1.40. The summed E-state index contributed by atoms with van der Waals surface area (Å²) in [6.07, 6.45) is 0.891. The van der Waals surface area contributed by atoms with E-state index < -0.39 is 0 Å². The summed E-state index contributed by atoms with van der Waals surface area (Å²) in [6, 6.07) is 13.5. The molecule has 1 aliphatic rings. The number of nitrogens with one attached hydrogen (secondary N) is 2. The molecule has 1 aromatic carbocycles. The van der Waals surface area contributed by atoms with Gasteiger partial charge in [0.1, 0.15) is 5.75 Å². The number of para-hydroxylation sites is 1. The van der Waals surface area contributed by atoms with Gasteiger partial charge in [0.05, 0.1) is 23.2 Å². The van der Waals surface area contributed by atoms with Crippen molar-refractivity contribution in [3.63, 3.8) is 0 Å². The van der Waals surface area contributed by atoms with E-state index in [1.54, 1.807) is 30.6 Å². The summed E-state index contributed by atoms with van der Waals surface area (Å²) < 4.78 is 5.28. The molecule has 0 radical (unpaired) electrons. The van der Waals surface area contributed by atoms with Crippen molar-refractivity contribution in [2.24, 2.45) is 0 Å². The van der Waals surface area contributed by atoms with Gasteiger partial charge in [0.25, 0.3) is 5.91 Å². The van der Waals surface area contributed by atoms with Gasteiger partial charge in [0.15, 0.2) is 5.82 Å². The second-order valence-corrected chi connectivity index (χ2v) is 7.17. The smallest absolute Gasteiger partial charge is 0.255 e. The Labute approximate surface area is 155 Å². The number of H-pyrrole nitrogens is 1. The minimum absolute atomic E-state index is 0.0919. The first-order valence-electron chi connectivity index (χ1n) is 8.52. The molecule has 0 aliphatic carbocycles. The fourth-order valence-electron chi connectivity index (χ4n) is 3.21. The molecule has 1 amide bonds.